The van der Waals surface area contributed by atoms with Crippen LogP contribution < -0.4 is 0 Å². The van der Waals surface area contributed by atoms with E-state index >= 15 is 0 Å². The number of oxime groups is 1. The van der Waals surface area contributed by atoms with Gasteiger partial charge < -0.3 is 14.5 Å². The van der Waals surface area contributed by atoms with Gasteiger partial charge in [-0.1, -0.05) is 40.6 Å². The van der Waals surface area contributed by atoms with Crippen molar-refractivity contribution < 1.29 is 19.3 Å². The number of aromatic nitrogens is 1. The number of esters is 1. The first-order chi connectivity index (χ1) is 8.76. The highest BCUT2D eigenvalue weighted by molar-refractivity contribution is 6.11. The lowest BCUT2D eigenvalue weighted by Crippen LogP contribution is -2.03. The Bertz CT molecular complexity index is 575. The van der Waals surface area contributed by atoms with Gasteiger partial charge in [-0.05, 0) is 0 Å². The summed E-state index contributed by atoms with van der Waals surface area (Å²) in [7, 11) is 1.24. The van der Waals surface area contributed by atoms with E-state index in [0.29, 0.717) is 5.56 Å². The van der Waals surface area contributed by atoms with E-state index in [1.807, 2.05) is 6.07 Å². The molecule has 0 amide bonds. The number of hydrogen-bond donors (Lipinski definition) is 1. The molecule has 0 spiro atoms. The van der Waals surface area contributed by atoms with Gasteiger partial charge >= 0.3 is 5.97 Å². The molecule has 6 nitrogen and oxygen atoms in total. The second-order valence-corrected chi connectivity index (χ2v) is 3.38. The number of carbonyl (C=O) groups is 1. The van der Waals surface area contributed by atoms with E-state index in [1.165, 1.54) is 13.2 Å². The molecule has 0 radical (unpaired) electrons. The van der Waals surface area contributed by atoms with Crippen molar-refractivity contribution in [2.24, 2.45) is 5.16 Å². The first kappa shape index (κ1) is 11.8. The molecular formula is C12H10N2O4. The van der Waals surface area contributed by atoms with Gasteiger partial charge in [-0.15, -0.1) is 0 Å². The van der Waals surface area contributed by atoms with Crippen molar-refractivity contribution in [1.82, 2.24) is 5.16 Å². The van der Waals surface area contributed by atoms with E-state index in [-0.39, 0.29) is 17.2 Å². The minimum atomic E-state index is -0.640. The molecule has 18 heavy (non-hydrogen) atoms. The molecule has 0 fully saturated rings. The minimum absolute atomic E-state index is 0.0513. The van der Waals surface area contributed by atoms with Crippen molar-refractivity contribution in [2.75, 3.05) is 7.11 Å². The summed E-state index contributed by atoms with van der Waals surface area (Å²) in [6.45, 7) is 0. The van der Waals surface area contributed by atoms with E-state index < -0.39 is 5.97 Å². The lowest BCUT2D eigenvalue weighted by atomic mass is 10.1. The van der Waals surface area contributed by atoms with Gasteiger partial charge in [0.25, 0.3) is 0 Å². The van der Waals surface area contributed by atoms with Crippen LogP contribution in [0.15, 0.2) is 46.1 Å². The molecule has 1 aromatic heterocycles. The van der Waals surface area contributed by atoms with Crippen LogP contribution in [-0.2, 0) is 4.74 Å². The number of benzene rings is 1. The molecule has 0 bridgehead atoms. The summed E-state index contributed by atoms with van der Waals surface area (Å²) in [5, 5.41) is 15.9. The third kappa shape index (κ3) is 2.22. The second kappa shape index (κ2) is 5.13. The summed E-state index contributed by atoms with van der Waals surface area (Å²) in [5.74, 6) is -0.691. The Morgan fingerprint density at radius 1 is 1.39 bits per heavy atom. The molecule has 92 valence electrons. The topological polar surface area (TPSA) is 84.9 Å². The molecule has 0 saturated heterocycles. The molecule has 1 N–H and O–H groups in total. The lowest BCUT2D eigenvalue weighted by molar-refractivity contribution is 0.0554. The summed E-state index contributed by atoms with van der Waals surface area (Å²) < 4.78 is 9.30. The number of hydrogen-bond acceptors (Lipinski definition) is 6. The molecule has 0 aliphatic carbocycles. The van der Waals surface area contributed by atoms with Crippen molar-refractivity contribution in [2.45, 2.75) is 0 Å². The maximum absolute atomic E-state index is 11.2. The summed E-state index contributed by atoms with van der Waals surface area (Å²) in [5.41, 5.74) is 1.13. The minimum Gasteiger partial charge on any atom is -0.463 e. The number of carbonyl (C=O) groups excluding carboxylic acids is 1. The highest BCUT2D eigenvalue weighted by Crippen LogP contribution is 2.12. The fraction of sp³-hybridized carbons (Fsp3) is 0.0833. The molecule has 2 rings (SSSR count). The first-order valence-corrected chi connectivity index (χ1v) is 5.09. The predicted molar refractivity (Wildman–Crippen MR) is 61.7 cm³/mol. The van der Waals surface area contributed by atoms with Crippen LogP contribution in [0.4, 0.5) is 0 Å². The van der Waals surface area contributed by atoms with Crippen LogP contribution in [0.1, 0.15) is 21.8 Å². The summed E-state index contributed by atoms with van der Waals surface area (Å²) >= 11 is 0. The van der Waals surface area contributed by atoms with Crippen LogP contribution in [0.2, 0.25) is 0 Å². The Balaban J connectivity index is 2.36. The van der Waals surface area contributed by atoms with Crippen molar-refractivity contribution in [3.63, 3.8) is 0 Å². The standard InChI is InChI=1S/C12H10N2O4/c1-17-12(15)10-7-9(14-18-10)11(13-16)8-5-3-2-4-6-8/h2-7,16H,1H3/b13-11-. The first-order valence-electron chi connectivity index (χ1n) is 5.09. The van der Waals surface area contributed by atoms with Gasteiger partial charge in [-0.25, -0.2) is 4.79 Å². The summed E-state index contributed by atoms with van der Waals surface area (Å²) in [4.78, 5) is 11.2. The van der Waals surface area contributed by atoms with Crippen LogP contribution in [0.25, 0.3) is 0 Å². The number of nitrogens with zero attached hydrogens (tertiary/aromatic N) is 2. The van der Waals surface area contributed by atoms with Gasteiger partial charge in [-0.3, -0.25) is 0 Å². The molecule has 0 atom stereocenters. The Kier molecular flexibility index (Phi) is 3.38. The Labute approximate surface area is 102 Å². The van der Waals surface area contributed by atoms with Crippen LogP contribution in [0.5, 0.6) is 0 Å². The van der Waals surface area contributed by atoms with E-state index in [9.17, 15) is 4.79 Å². The van der Waals surface area contributed by atoms with Gasteiger partial charge in [0.1, 0.15) is 11.4 Å². The zero-order valence-corrected chi connectivity index (χ0v) is 9.53. The number of ether oxygens (including phenoxy) is 1. The zero-order valence-electron chi connectivity index (χ0n) is 9.53. The average molecular weight is 246 g/mol. The molecule has 6 heteroatoms. The lowest BCUT2D eigenvalue weighted by Gasteiger charge is -1.98. The monoisotopic (exact) mass is 246 g/mol. The highest BCUT2D eigenvalue weighted by Gasteiger charge is 2.17. The molecule has 0 aliphatic heterocycles. The fourth-order valence-electron chi connectivity index (χ4n) is 1.44. The predicted octanol–water partition coefficient (Wildman–Crippen LogP) is 1.69. The Hall–Kier alpha value is -2.63. The normalized spacial score (nSPS) is 11.3. The van der Waals surface area contributed by atoms with Crippen molar-refractivity contribution in [1.29, 1.82) is 0 Å². The van der Waals surface area contributed by atoms with Gasteiger partial charge in [0, 0.05) is 11.6 Å². The fourth-order valence-corrected chi connectivity index (χ4v) is 1.44. The van der Waals surface area contributed by atoms with Crippen molar-refractivity contribution in [3.05, 3.63) is 53.4 Å². The Morgan fingerprint density at radius 2 is 2.11 bits per heavy atom. The Morgan fingerprint density at radius 3 is 2.72 bits per heavy atom. The highest BCUT2D eigenvalue weighted by atomic mass is 16.5. The third-order valence-corrected chi connectivity index (χ3v) is 2.29. The smallest absolute Gasteiger partial charge is 0.376 e. The quantitative estimate of drug-likeness (QED) is 0.385. The van der Waals surface area contributed by atoms with E-state index in [2.05, 4.69) is 15.0 Å². The maximum atomic E-state index is 11.2. The summed E-state index contributed by atoms with van der Waals surface area (Å²) in [6, 6.07) is 10.3. The van der Waals surface area contributed by atoms with E-state index in [1.54, 1.807) is 24.3 Å². The van der Waals surface area contributed by atoms with Crippen LogP contribution in [0.3, 0.4) is 0 Å². The molecule has 1 heterocycles. The average Bonchev–Trinajstić information content (AvgIpc) is 2.89. The van der Waals surface area contributed by atoms with E-state index in [0.717, 1.165) is 0 Å². The molecule has 0 saturated carbocycles. The van der Waals surface area contributed by atoms with Crippen LogP contribution >= 0.6 is 0 Å². The van der Waals surface area contributed by atoms with Crippen LogP contribution in [-0.4, -0.2) is 29.2 Å². The SMILES string of the molecule is COC(=O)c1cc(/C(=N\O)c2ccccc2)no1. The van der Waals surface area contributed by atoms with E-state index in [4.69, 9.17) is 9.73 Å². The molecule has 1 aromatic carbocycles. The van der Waals surface area contributed by atoms with Crippen molar-refractivity contribution >= 4 is 11.7 Å². The zero-order chi connectivity index (χ0) is 13.0. The summed E-state index contributed by atoms with van der Waals surface area (Å²) in [6.07, 6.45) is 0. The molecule has 0 unspecified atom stereocenters. The van der Waals surface area contributed by atoms with Gasteiger partial charge in [0.15, 0.2) is 0 Å². The van der Waals surface area contributed by atoms with Gasteiger partial charge in [-0.2, -0.15) is 0 Å². The molecular weight excluding hydrogens is 236 g/mol. The largest absolute Gasteiger partial charge is 0.463 e. The third-order valence-electron chi connectivity index (χ3n) is 2.29. The number of rotatable bonds is 3. The molecule has 0 aliphatic rings. The second-order valence-electron chi connectivity index (χ2n) is 3.38. The van der Waals surface area contributed by atoms with Crippen molar-refractivity contribution in [3.8, 4) is 0 Å². The molecule has 2 aromatic rings. The van der Waals surface area contributed by atoms with Gasteiger partial charge in [0.05, 0.1) is 7.11 Å². The van der Waals surface area contributed by atoms with Crippen LogP contribution in [0, 0.1) is 0 Å². The maximum Gasteiger partial charge on any atom is 0.376 e. The number of methoxy groups -OCH3 is 1. The van der Waals surface area contributed by atoms with Gasteiger partial charge in [0.2, 0.25) is 5.76 Å².